The fourth-order valence-corrected chi connectivity index (χ4v) is 1.78. The molecule has 0 bridgehead atoms. The van der Waals surface area contributed by atoms with Gasteiger partial charge in [-0.05, 0) is 11.8 Å². The van der Waals surface area contributed by atoms with Crippen LogP contribution in [0.25, 0.3) is 11.2 Å². The maximum Gasteiger partial charge on any atom is 0.156 e. The molecule has 2 rings (SSSR count). The first-order valence-electron chi connectivity index (χ1n) is 6.61. The Hall–Kier alpha value is -2.35. The van der Waals surface area contributed by atoms with Gasteiger partial charge in [0, 0.05) is 24.4 Å². The summed E-state index contributed by atoms with van der Waals surface area (Å²) in [5.41, 5.74) is 2.85. The quantitative estimate of drug-likeness (QED) is 0.836. The van der Waals surface area contributed by atoms with Crippen molar-refractivity contribution in [2.45, 2.75) is 27.2 Å². The van der Waals surface area contributed by atoms with Gasteiger partial charge < -0.3 is 10.3 Å². The third-order valence-corrected chi connectivity index (χ3v) is 2.79. The Morgan fingerprint density at radius 2 is 2.25 bits per heavy atom. The number of hydrogen-bond acceptors (Lipinski definition) is 4. The number of aromatic nitrogens is 3. The molecule has 0 saturated heterocycles. The van der Waals surface area contributed by atoms with Crippen LogP contribution in [0.5, 0.6) is 0 Å². The summed E-state index contributed by atoms with van der Waals surface area (Å²) in [5, 5.41) is 11.8. The molecule has 2 aromatic heterocycles. The Morgan fingerprint density at radius 1 is 1.45 bits per heavy atom. The molecule has 20 heavy (non-hydrogen) atoms. The van der Waals surface area contributed by atoms with E-state index in [0.717, 1.165) is 29.1 Å². The standard InChI is InChI=1S/C15H19N5/c1-15(2,3)10-19-12-9-18-14-13(20-12)11(8-17-14)6-4-5-7-16/h4-5,8-9H,6,10H2,1-3H3,(H,17,18)(H,19,20). The van der Waals surface area contributed by atoms with Crippen molar-refractivity contribution in [1.29, 1.82) is 5.26 Å². The monoisotopic (exact) mass is 269 g/mol. The number of allylic oxidation sites excluding steroid dienone is 2. The van der Waals surface area contributed by atoms with Crippen LogP contribution in [0, 0.1) is 16.7 Å². The largest absolute Gasteiger partial charge is 0.368 e. The van der Waals surface area contributed by atoms with Crippen molar-refractivity contribution >= 4 is 17.0 Å². The highest BCUT2D eigenvalue weighted by Gasteiger charge is 2.11. The molecule has 0 radical (unpaired) electrons. The maximum atomic E-state index is 8.52. The van der Waals surface area contributed by atoms with Crippen LogP contribution in [0.15, 0.2) is 24.5 Å². The fourth-order valence-electron chi connectivity index (χ4n) is 1.78. The lowest BCUT2D eigenvalue weighted by atomic mass is 9.97. The zero-order valence-corrected chi connectivity index (χ0v) is 12.1. The molecule has 0 spiro atoms. The molecule has 0 aliphatic rings. The van der Waals surface area contributed by atoms with E-state index >= 15 is 0 Å². The van der Waals surface area contributed by atoms with Crippen LogP contribution >= 0.6 is 0 Å². The Bertz CT molecular complexity index is 655. The molecule has 0 aliphatic carbocycles. The van der Waals surface area contributed by atoms with Crippen LogP contribution in [0.4, 0.5) is 5.82 Å². The van der Waals surface area contributed by atoms with Gasteiger partial charge in [-0.2, -0.15) is 5.26 Å². The number of aromatic amines is 1. The summed E-state index contributed by atoms with van der Waals surface area (Å²) in [5.74, 6) is 0.775. The van der Waals surface area contributed by atoms with Gasteiger partial charge in [-0.15, -0.1) is 0 Å². The second-order valence-corrected chi connectivity index (χ2v) is 5.92. The van der Waals surface area contributed by atoms with Gasteiger partial charge in [0.15, 0.2) is 5.65 Å². The third-order valence-electron chi connectivity index (χ3n) is 2.79. The predicted molar refractivity (Wildman–Crippen MR) is 80.3 cm³/mol. The minimum absolute atomic E-state index is 0.188. The Labute approximate surface area is 118 Å². The van der Waals surface area contributed by atoms with E-state index in [-0.39, 0.29) is 5.41 Å². The molecule has 5 nitrogen and oxygen atoms in total. The number of rotatable bonds is 4. The summed E-state index contributed by atoms with van der Waals surface area (Å²) in [7, 11) is 0. The minimum atomic E-state index is 0.188. The van der Waals surface area contributed by atoms with Crippen molar-refractivity contribution in [3.63, 3.8) is 0 Å². The first kappa shape index (κ1) is 14.1. The lowest BCUT2D eigenvalue weighted by Crippen LogP contribution is -2.19. The summed E-state index contributed by atoms with van der Waals surface area (Å²) in [6, 6.07) is 1.99. The SMILES string of the molecule is CC(C)(C)CNc1cnc2[nH]cc(CC=CC#N)c2n1. The fraction of sp³-hybridized carbons (Fsp3) is 0.400. The van der Waals surface area contributed by atoms with Crippen molar-refractivity contribution in [1.82, 2.24) is 15.0 Å². The van der Waals surface area contributed by atoms with Crippen molar-refractivity contribution < 1.29 is 0 Å². The number of nitrogens with one attached hydrogen (secondary N) is 2. The first-order chi connectivity index (χ1) is 9.49. The molecule has 104 valence electrons. The van der Waals surface area contributed by atoms with Gasteiger partial charge in [-0.3, -0.25) is 0 Å². The van der Waals surface area contributed by atoms with Gasteiger partial charge in [-0.25, -0.2) is 9.97 Å². The minimum Gasteiger partial charge on any atom is -0.368 e. The van der Waals surface area contributed by atoms with Crippen molar-refractivity contribution in [2.24, 2.45) is 5.41 Å². The highest BCUT2D eigenvalue weighted by atomic mass is 15.0. The maximum absolute atomic E-state index is 8.52. The summed E-state index contributed by atoms with van der Waals surface area (Å²) in [6.45, 7) is 7.34. The first-order valence-corrected chi connectivity index (χ1v) is 6.61. The van der Waals surface area contributed by atoms with Crippen molar-refractivity contribution in [3.05, 3.63) is 30.1 Å². The molecular formula is C15H19N5. The third kappa shape index (κ3) is 3.58. The molecule has 2 aromatic rings. The van der Waals surface area contributed by atoms with Crippen LogP contribution in [-0.2, 0) is 6.42 Å². The second-order valence-electron chi connectivity index (χ2n) is 5.92. The zero-order valence-electron chi connectivity index (χ0n) is 12.1. The molecule has 2 heterocycles. The van der Waals surface area contributed by atoms with E-state index in [1.54, 1.807) is 6.20 Å². The number of H-pyrrole nitrogens is 1. The van der Waals surface area contributed by atoms with Crippen LogP contribution in [0.3, 0.4) is 0 Å². The molecular weight excluding hydrogens is 250 g/mol. The zero-order chi connectivity index (χ0) is 14.6. The molecule has 0 aromatic carbocycles. The lowest BCUT2D eigenvalue weighted by Gasteiger charge is -2.18. The van der Waals surface area contributed by atoms with Gasteiger partial charge in [0.05, 0.1) is 12.3 Å². The van der Waals surface area contributed by atoms with E-state index in [4.69, 9.17) is 5.26 Å². The molecule has 0 amide bonds. The lowest BCUT2D eigenvalue weighted by molar-refractivity contribution is 0.442. The molecule has 0 atom stereocenters. The summed E-state index contributed by atoms with van der Waals surface area (Å²) < 4.78 is 0. The molecule has 0 unspecified atom stereocenters. The van der Waals surface area contributed by atoms with Gasteiger partial charge in [0.2, 0.25) is 0 Å². The van der Waals surface area contributed by atoms with Gasteiger partial charge in [-0.1, -0.05) is 26.8 Å². The van der Waals surface area contributed by atoms with E-state index < -0.39 is 0 Å². The van der Waals surface area contributed by atoms with Gasteiger partial charge in [0.25, 0.3) is 0 Å². The predicted octanol–water partition coefficient (Wildman–Crippen LogP) is 3.04. The highest BCUT2D eigenvalue weighted by Crippen LogP contribution is 2.18. The molecule has 0 saturated carbocycles. The van der Waals surface area contributed by atoms with E-state index in [1.807, 2.05) is 18.3 Å². The molecule has 2 N–H and O–H groups in total. The number of hydrogen-bond donors (Lipinski definition) is 2. The summed E-state index contributed by atoms with van der Waals surface area (Å²) in [4.78, 5) is 12.1. The van der Waals surface area contributed by atoms with Crippen molar-refractivity contribution in [2.75, 3.05) is 11.9 Å². The molecule has 0 aliphatic heterocycles. The number of fused-ring (bicyclic) bond motifs is 1. The van der Waals surface area contributed by atoms with Crippen molar-refractivity contribution in [3.8, 4) is 6.07 Å². The number of nitrogens with zero attached hydrogens (tertiary/aromatic N) is 3. The average molecular weight is 269 g/mol. The normalized spacial score (nSPS) is 11.9. The summed E-state index contributed by atoms with van der Waals surface area (Å²) in [6.07, 6.45) is 7.60. The van der Waals surface area contributed by atoms with E-state index in [9.17, 15) is 0 Å². The van der Waals surface area contributed by atoms with Crippen LogP contribution in [-0.4, -0.2) is 21.5 Å². The van der Waals surface area contributed by atoms with Gasteiger partial charge in [0.1, 0.15) is 11.3 Å². The van der Waals surface area contributed by atoms with E-state index in [1.165, 1.54) is 6.08 Å². The highest BCUT2D eigenvalue weighted by molar-refractivity contribution is 5.76. The second kappa shape index (κ2) is 5.74. The Balaban J connectivity index is 2.21. The van der Waals surface area contributed by atoms with Crippen LogP contribution in [0.1, 0.15) is 26.3 Å². The Morgan fingerprint density at radius 3 is 2.95 bits per heavy atom. The number of anilines is 1. The molecule has 5 heteroatoms. The van der Waals surface area contributed by atoms with E-state index in [0.29, 0.717) is 6.42 Å². The smallest absolute Gasteiger partial charge is 0.156 e. The Kier molecular flexibility index (Phi) is 4.04. The molecule has 0 fully saturated rings. The van der Waals surface area contributed by atoms with E-state index in [2.05, 4.69) is 41.0 Å². The summed E-state index contributed by atoms with van der Waals surface area (Å²) >= 11 is 0. The number of nitriles is 1. The topological polar surface area (TPSA) is 77.4 Å². The van der Waals surface area contributed by atoms with Gasteiger partial charge >= 0.3 is 0 Å². The average Bonchev–Trinajstić information content (AvgIpc) is 2.79. The van der Waals surface area contributed by atoms with Crippen LogP contribution in [0.2, 0.25) is 0 Å². The van der Waals surface area contributed by atoms with Crippen LogP contribution < -0.4 is 5.32 Å².